The van der Waals surface area contributed by atoms with Crippen LogP contribution in [0.5, 0.6) is 0 Å². The van der Waals surface area contributed by atoms with E-state index in [9.17, 15) is 9.59 Å². The number of hydrogen-bond acceptors (Lipinski definition) is 3. The highest BCUT2D eigenvalue weighted by Crippen LogP contribution is 2.34. The molecule has 3 N–H and O–H groups in total. The molecule has 1 fully saturated rings. The molecule has 2 aromatic rings. The first-order valence-corrected chi connectivity index (χ1v) is 10.3. The molecule has 1 atom stereocenters. The number of carbonyl (C=O) groups is 2. The topological polar surface area (TPSA) is 83.2 Å². The van der Waals surface area contributed by atoms with Gasteiger partial charge in [-0.2, -0.15) is 0 Å². The van der Waals surface area contributed by atoms with Gasteiger partial charge < -0.3 is 20.4 Å². The Morgan fingerprint density at radius 2 is 1.97 bits per heavy atom. The molecule has 0 radical (unpaired) electrons. The van der Waals surface area contributed by atoms with E-state index in [0.29, 0.717) is 0 Å². The number of piperazine rings is 1. The van der Waals surface area contributed by atoms with Gasteiger partial charge in [0, 0.05) is 34.7 Å². The lowest BCUT2D eigenvalue weighted by atomic mass is 9.86. The summed E-state index contributed by atoms with van der Waals surface area (Å²) in [5, 5.41) is 6.29. The van der Waals surface area contributed by atoms with E-state index in [2.05, 4.69) is 74.2 Å². The maximum atomic E-state index is 12.7. The van der Waals surface area contributed by atoms with Crippen LogP contribution in [0.15, 0.2) is 48.2 Å². The smallest absolute Gasteiger partial charge is 0.277 e. The Morgan fingerprint density at radius 1 is 1.26 bits per heavy atom. The minimum Gasteiger partial charge on any atom is -0.357 e. The third-order valence-electron chi connectivity index (χ3n) is 5.78. The minimum atomic E-state index is -1.39. The van der Waals surface area contributed by atoms with Crippen LogP contribution in [-0.2, 0) is 26.2 Å². The number of benzene rings is 1. The molecule has 6 heteroatoms. The maximum absolute atomic E-state index is 12.7. The van der Waals surface area contributed by atoms with Crippen LogP contribution in [0.2, 0.25) is 0 Å². The molecule has 6 nitrogen and oxygen atoms in total. The van der Waals surface area contributed by atoms with Crippen LogP contribution >= 0.6 is 0 Å². The predicted octanol–water partition coefficient (Wildman–Crippen LogP) is 4.09. The predicted molar refractivity (Wildman–Crippen MR) is 124 cm³/mol. The second-order valence-corrected chi connectivity index (χ2v) is 8.91. The molecule has 1 saturated heterocycles. The highest BCUT2D eigenvalue weighted by atomic mass is 16.5. The quantitative estimate of drug-likeness (QED) is 0.485. The number of rotatable bonds is 6. The van der Waals surface area contributed by atoms with Crippen LogP contribution in [0, 0.1) is 0 Å². The largest absolute Gasteiger partial charge is 0.357 e. The van der Waals surface area contributed by atoms with Crippen LogP contribution in [0.3, 0.4) is 0 Å². The maximum Gasteiger partial charge on any atom is 0.277 e. The molecule has 3 rings (SSSR count). The van der Waals surface area contributed by atoms with E-state index >= 15 is 0 Å². The zero-order valence-electron chi connectivity index (χ0n) is 19.1. The average Bonchev–Trinajstić information content (AvgIpc) is 3.09. The number of aromatic amines is 1. The Balaban J connectivity index is 2.14. The van der Waals surface area contributed by atoms with Crippen molar-refractivity contribution in [3.63, 3.8) is 0 Å². The van der Waals surface area contributed by atoms with Crippen LogP contribution in [0.25, 0.3) is 17.0 Å². The molecule has 0 aliphatic carbocycles. The SMILES string of the molecule is C=CC(C)(C)c1[nH]c2cc(CC=C(C)C)ccc2c1/C=C1\NC(=O)[C@](C)(OC)NC1=O. The van der Waals surface area contributed by atoms with Crippen LogP contribution in [0.1, 0.15) is 51.4 Å². The second kappa shape index (κ2) is 8.19. The molecule has 2 heterocycles. The molecule has 1 aliphatic heterocycles. The van der Waals surface area contributed by atoms with Gasteiger partial charge in [-0.1, -0.05) is 43.7 Å². The molecule has 0 saturated carbocycles. The van der Waals surface area contributed by atoms with Gasteiger partial charge in [0.05, 0.1) is 0 Å². The number of ether oxygens (including phenoxy) is 1. The van der Waals surface area contributed by atoms with Gasteiger partial charge in [-0.25, -0.2) is 0 Å². The van der Waals surface area contributed by atoms with Crippen molar-refractivity contribution in [1.29, 1.82) is 0 Å². The monoisotopic (exact) mass is 421 g/mol. The fraction of sp³-hybridized carbons (Fsp3) is 0.360. The molecule has 1 aromatic carbocycles. The highest BCUT2D eigenvalue weighted by Gasteiger charge is 2.41. The van der Waals surface area contributed by atoms with E-state index < -0.39 is 17.5 Å². The number of methoxy groups -OCH3 is 1. The summed E-state index contributed by atoms with van der Waals surface area (Å²) in [5.41, 5.74) is 3.62. The lowest BCUT2D eigenvalue weighted by molar-refractivity contribution is -0.153. The number of H-pyrrole nitrogens is 1. The Hall–Kier alpha value is -3.12. The van der Waals surface area contributed by atoms with Gasteiger partial charge in [0.15, 0.2) is 0 Å². The van der Waals surface area contributed by atoms with Gasteiger partial charge in [0.1, 0.15) is 5.70 Å². The van der Waals surface area contributed by atoms with E-state index in [1.807, 2.05) is 6.08 Å². The average molecular weight is 422 g/mol. The molecule has 31 heavy (non-hydrogen) atoms. The number of aromatic nitrogens is 1. The van der Waals surface area contributed by atoms with Gasteiger partial charge in [-0.15, -0.1) is 6.58 Å². The van der Waals surface area contributed by atoms with Crippen LogP contribution in [0.4, 0.5) is 0 Å². The molecule has 0 unspecified atom stereocenters. The van der Waals surface area contributed by atoms with Crippen LogP contribution < -0.4 is 10.6 Å². The standard InChI is InChI=1S/C25H31N3O3/c1-8-24(4,5)21-18(14-20-22(29)28-25(6,31-7)23(30)27-20)17-12-11-16(10-9-15(2)3)13-19(17)26-21/h8-9,11-14,26H,1,10H2,2-7H3,(H,27,30)(H,28,29)/b20-14-/t25-/m0/s1. The van der Waals surface area contributed by atoms with Crippen molar-refractivity contribution < 1.29 is 14.3 Å². The van der Waals surface area contributed by atoms with E-state index in [4.69, 9.17) is 4.74 Å². The molecule has 2 amide bonds. The van der Waals surface area contributed by atoms with E-state index in [0.717, 1.165) is 28.6 Å². The van der Waals surface area contributed by atoms with Gasteiger partial charge >= 0.3 is 0 Å². The van der Waals surface area contributed by atoms with E-state index in [1.54, 1.807) is 6.08 Å². The third-order valence-corrected chi connectivity index (χ3v) is 5.78. The first-order chi connectivity index (χ1) is 14.5. The first kappa shape index (κ1) is 22.6. The van der Waals surface area contributed by atoms with Crippen molar-refractivity contribution in [1.82, 2.24) is 15.6 Å². The van der Waals surface area contributed by atoms with Gasteiger partial charge in [0.25, 0.3) is 11.8 Å². The van der Waals surface area contributed by atoms with Crippen molar-refractivity contribution in [3.8, 4) is 0 Å². The summed E-state index contributed by atoms with van der Waals surface area (Å²) in [6.45, 7) is 13.8. The van der Waals surface area contributed by atoms with Crippen molar-refractivity contribution in [3.05, 3.63) is 65.0 Å². The summed E-state index contributed by atoms with van der Waals surface area (Å²) in [5.74, 6) is -0.824. The van der Waals surface area contributed by atoms with Crippen molar-refractivity contribution in [2.24, 2.45) is 0 Å². The molecule has 0 bridgehead atoms. The Labute approximate surface area is 183 Å². The van der Waals surface area contributed by atoms with Gasteiger partial charge in [-0.05, 0) is 44.9 Å². The summed E-state index contributed by atoms with van der Waals surface area (Å²) in [6, 6.07) is 6.27. The fourth-order valence-electron chi connectivity index (χ4n) is 3.50. The number of hydrogen-bond donors (Lipinski definition) is 3. The summed E-state index contributed by atoms with van der Waals surface area (Å²) in [6.07, 6.45) is 6.63. The Kier molecular flexibility index (Phi) is 5.96. The molecular formula is C25H31N3O3. The zero-order valence-corrected chi connectivity index (χ0v) is 19.1. The first-order valence-electron chi connectivity index (χ1n) is 10.3. The summed E-state index contributed by atoms with van der Waals surface area (Å²) in [4.78, 5) is 28.7. The number of amides is 2. The minimum absolute atomic E-state index is 0.176. The lowest BCUT2D eigenvalue weighted by Gasteiger charge is -2.33. The summed E-state index contributed by atoms with van der Waals surface area (Å²) < 4.78 is 5.17. The number of nitrogens with one attached hydrogen (secondary N) is 3. The zero-order chi connectivity index (χ0) is 23.0. The van der Waals surface area contributed by atoms with Crippen molar-refractivity contribution >= 4 is 28.8 Å². The van der Waals surface area contributed by atoms with E-state index in [1.165, 1.54) is 25.2 Å². The molecule has 0 spiro atoms. The van der Waals surface area contributed by atoms with Crippen molar-refractivity contribution in [2.75, 3.05) is 7.11 Å². The van der Waals surface area contributed by atoms with Gasteiger partial charge in [-0.3, -0.25) is 9.59 Å². The second-order valence-electron chi connectivity index (χ2n) is 8.91. The third kappa shape index (κ3) is 4.35. The van der Waals surface area contributed by atoms with Crippen molar-refractivity contribution in [2.45, 2.75) is 52.2 Å². The number of allylic oxidation sites excluding steroid dienone is 3. The summed E-state index contributed by atoms with van der Waals surface area (Å²) in [7, 11) is 1.38. The lowest BCUT2D eigenvalue weighted by Crippen LogP contribution is -2.63. The summed E-state index contributed by atoms with van der Waals surface area (Å²) >= 11 is 0. The molecule has 1 aliphatic rings. The van der Waals surface area contributed by atoms with Crippen LogP contribution in [-0.4, -0.2) is 29.6 Å². The Morgan fingerprint density at radius 3 is 2.58 bits per heavy atom. The molecule has 1 aromatic heterocycles. The highest BCUT2D eigenvalue weighted by molar-refractivity contribution is 6.09. The fourth-order valence-corrected chi connectivity index (χ4v) is 3.50. The van der Waals surface area contributed by atoms with E-state index in [-0.39, 0.29) is 11.1 Å². The number of carbonyl (C=O) groups excluding carboxylic acids is 2. The number of fused-ring (bicyclic) bond motifs is 1. The molecule has 164 valence electrons. The van der Waals surface area contributed by atoms with Gasteiger partial charge in [0.2, 0.25) is 5.72 Å². The normalized spacial score (nSPS) is 20.5. The Bertz CT molecular complexity index is 1120. The molecular weight excluding hydrogens is 390 g/mol.